The van der Waals surface area contributed by atoms with Crippen molar-refractivity contribution in [2.75, 3.05) is 5.73 Å². The Bertz CT molecular complexity index is 566. The highest BCUT2D eigenvalue weighted by Crippen LogP contribution is 2.23. The molecule has 0 aliphatic rings. The van der Waals surface area contributed by atoms with Gasteiger partial charge in [0.15, 0.2) is 0 Å². The summed E-state index contributed by atoms with van der Waals surface area (Å²) in [7, 11) is 0. The highest BCUT2D eigenvalue weighted by molar-refractivity contribution is 5.46. The van der Waals surface area contributed by atoms with Crippen LogP contribution in [0.3, 0.4) is 0 Å². The first-order chi connectivity index (χ1) is 9.11. The van der Waals surface area contributed by atoms with Crippen molar-refractivity contribution < 1.29 is 0 Å². The summed E-state index contributed by atoms with van der Waals surface area (Å²) in [4.78, 5) is 4.11. The Hall–Kier alpha value is -1.91. The van der Waals surface area contributed by atoms with Gasteiger partial charge in [-0.25, -0.2) is 0 Å². The second kappa shape index (κ2) is 5.82. The molecular formula is C15H20N4. The third kappa shape index (κ3) is 3.10. The van der Waals surface area contributed by atoms with E-state index in [-0.39, 0.29) is 6.04 Å². The van der Waals surface area contributed by atoms with Crippen LogP contribution in [-0.4, -0.2) is 4.98 Å². The number of benzene rings is 1. The number of nitrogens with two attached hydrogens (primary N) is 2. The molecule has 0 fully saturated rings. The summed E-state index contributed by atoms with van der Waals surface area (Å²) in [6.07, 6.45) is 4.23. The van der Waals surface area contributed by atoms with Gasteiger partial charge in [-0.1, -0.05) is 18.2 Å². The maximum atomic E-state index is 5.97. The molecule has 4 nitrogen and oxygen atoms in total. The zero-order valence-electron chi connectivity index (χ0n) is 11.4. The minimum Gasteiger partial charge on any atom is -0.398 e. The van der Waals surface area contributed by atoms with Crippen LogP contribution in [-0.2, 0) is 6.42 Å². The normalized spacial score (nSPS) is 12.4. The maximum absolute atomic E-state index is 5.97. The van der Waals surface area contributed by atoms with Gasteiger partial charge in [0.05, 0.1) is 6.04 Å². The molecular weight excluding hydrogens is 236 g/mol. The number of hydrogen-bond donors (Lipinski definition) is 3. The Kier molecular flexibility index (Phi) is 4.14. The number of aryl methyl sites for hydroxylation is 2. The fraction of sp³-hybridized carbons (Fsp3) is 0.267. The SMILES string of the molecule is Cc1ccc(CC(NN)c2cnccc2N)cc1C. The monoisotopic (exact) mass is 256 g/mol. The Labute approximate surface area is 113 Å². The largest absolute Gasteiger partial charge is 0.398 e. The minimum absolute atomic E-state index is 0.0317. The number of rotatable bonds is 4. The van der Waals surface area contributed by atoms with Crippen molar-refractivity contribution in [2.45, 2.75) is 26.3 Å². The van der Waals surface area contributed by atoms with Gasteiger partial charge in [-0.15, -0.1) is 0 Å². The zero-order chi connectivity index (χ0) is 13.8. The van der Waals surface area contributed by atoms with Crippen LogP contribution in [0.4, 0.5) is 5.69 Å². The van der Waals surface area contributed by atoms with Crippen molar-refractivity contribution in [1.82, 2.24) is 10.4 Å². The third-order valence-electron chi connectivity index (χ3n) is 3.47. The number of hydrogen-bond acceptors (Lipinski definition) is 4. The Balaban J connectivity index is 2.24. The van der Waals surface area contributed by atoms with Crippen LogP contribution in [0.2, 0.25) is 0 Å². The summed E-state index contributed by atoms with van der Waals surface area (Å²) < 4.78 is 0. The van der Waals surface area contributed by atoms with Crippen molar-refractivity contribution in [3.8, 4) is 0 Å². The first-order valence-corrected chi connectivity index (χ1v) is 6.33. The molecule has 0 aliphatic heterocycles. The Morgan fingerprint density at radius 3 is 2.63 bits per heavy atom. The molecule has 0 spiro atoms. The molecule has 0 radical (unpaired) electrons. The maximum Gasteiger partial charge on any atom is 0.0535 e. The molecule has 0 saturated carbocycles. The highest BCUT2D eigenvalue weighted by atomic mass is 15.2. The van der Waals surface area contributed by atoms with Crippen LogP contribution < -0.4 is 17.0 Å². The zero-order valence-corrected chi connectivity index (χ0v) is 11.4. The first-order valence-electron chi connectivity index (χ1n) is 6.33. The quantitative estimate of drug-likeness (QED) is 0.578. The average molecular weight is 256 g/mol. The number of aromatic nitrogens is 1. The van der Waals surface area contributed by atoms with Crippen LogP contribution in [0, 0.1) is 13.8 Å². The predicted octanol–water partition coefficient (Wildman–Crippen LogP) is 2.03. The molecule has 0 bridgehead atoms. The van der Waals surface area contributed by atoms with E-state index in [1.165, 1.54) is 16.7 Å². The number of hydrazine groups is 1. The first kappa shape index (κ1) is 13.5. The van der Waals surface area contributed by atoms with Gasteiger partial charge in [0.25, 0.3) is 0 Å². The molecule has 100 valence electrons. The Morgan fingerprint density at radius 2 is 2.00 bits per heavy atom. The summed E-state index contributed by atoms with van der Waals surface area (Å²) in [6.45, 7) is 4.22. The average Bonchev–Trinajstić information content (AvgIpc) is 2.41. The minimum atomic E-state index is -0.0317. The lowest BCUT2D eigenvalue weighted by atomic mass is 9.97. The molecule has 4 heteroatoms. The van der Waals surface area contributed by atoms with Crippen molar-refractivity contribution in [2.24, 2.45) is 5.84 Å². The smallest absolute Gasteiger partial charge is 0.0535 e. The summed E-state index contributed by atoms with van der Waals surface area (Å²) in [5.74, 6) is 5.66. The van der Waals surface area contributed by atoms with Crippen LogP contribution in [0.1, 0.15) is 28.3 Å². The van der Waals surface area contributed by atoms with Crippen molar-refractivity contribution in [1.29, 1.82) is 0 Å². The second-order valence-corrected chi connectivity index (χ2v) is 4.85. The van der Waals surface area contributed by atoms with Crippen LogP contribution in [0.25, 0.3) is 0 Å². The van der Waals surface area contributed by atoms with Gasteiger partial charge < -0.3 is 5.73 Å². The van der Waals surface area contributed by atoms with E-state index in [1.807, 2.05) is 0 Å². The molecule has 2 rings (SSSR count). The predicted molar refractivity (Wildman–Crippen MR) is 78.3 cm³/mol. The lowest BCUT2D eigenvalue weighted by Gasteiger charge is -2.18. The summed E-state index contributed by atoms with van der Waals surface area (Å²) in [6, 6.07) is 8.20. The number of pyridine rings is 1. The molecule has 1 heterocycles. The number of nitrogens with zero attached hydrogens (tertiary/aromatic N) is 1. The van der Waals surface area contributed by atoms with Crippen LogP contribution >= 0.6 is 0 Å². The van der Waals surface area contributed by atoms with Crippen molar-refractivity contribution >= 4 is 5.69 Å². The van der Waals surface area contributed by atoms with E-state index in [4.69, 9.17) is 11.6 Å². The van der Waals surface area contributed by atoms with Gasteiger partial charge in [-0.2, -0.15) is 0 Å². The topological polar surface area (TPSA) is 77.0 Å². The number of nitrogen functional groups attached to an aromatic ring is 1. The van der Waals surface area contributed by atoms with Gasteiger partial charge in [0, 0.05) is 23.6 Å². The van der Waals surface area contributed by atoms with E-state index in [1.54, 1.807) is 18.5 Å². The molecule has 2 aromatic rings. The fourth-order valence-electron chi connectivity index (χ4n) is 2.13. The number of nitrogens with one attached hydrogen (secondary N) is 1. The van der Waals surface area contributed by atoms with Gasteiger partial charge in [0.1, 0.15) is 0 Å². The fourth-order valence-corrected chi connectivity index (χ4v) is 2.13. The van der Waals surface area contributed by atoms with E-state index in [2.05, 4.69) is 42.5 Å². The second-order valence-electron chi connectivity index (χ2n) is 4.85. The van der Waals surface area contributed by atoms with Crippen molar-refractivity contribution in [3.63, 3.8) is 0 Å². The summed E-state index contributed by atoms with van der Waals surface area (Å²) >= 11 is 0. The summed E-state index contributed by atoms with van der Waals surface area (Å²) in [5, 5.41) is 0. The van der Waals surface area contributed by atoms with Gasteiger partial charge in [-0.05, 0) is 43.0 Å². The summed E-state index contributed by atoms with van der Waals surface area (Å²) in [5.41, 5.74) is 14.2. The Morgan fingerprint density at radius 1 is 1.21 bits per heavy atom. The van der Waals surface area contributed by atoms with E-state index in [9.17, 15) is 0 Å². The van der Waals surface area contributed by atoms with E-state index in [0.717, 1.165) is 12.0 Å². The molecule has 0 saturated heterocycles. The molecule has 0 amide bonds. The molecule has 0 aliphatic carbocycles. The molecule has 19 heavy (non-hydrogen) atoms. The van der Waals surface area contributed by atoms with E-state index < -0.39 is 0 Å². The van der Waals surface area contributed by atoms with Gasteiger partial charge >= 0.3 is 0 Å². The third-order valence-corrected chi connectivity index (χ3v) is 3.47. The standard InChI is InChI=1S/C15H20N4/c1-10-3-4-12(7-11(10)2)8-15(19-17)13-9-18-6-5-14(13)16/h3-7,9,15,19H,8,17H2,1-2H3,(H2,16,18). The lowest BCUT2D eigenvalue weighted by Crippen LogP contribution is -2.30. The molecule has 1 unspecified atom stereocenters. The van der Waals surface area contributed by atoms with Crippen LogP contribution in [0.5, 0.6) is 0 Å². The molecule has 1 aromatic carbocycles. The highest BCUT2D eigenvalue weighted by Gasteiger charge is 2.13. The molecule has 1 aromatic heterocycles. The number of anilines is 1. The molecule has 1 atom stereocenters. The van der Waals surface area contributed by atoms with Crippen LogP contribution in [0.15, 0.2) is 36.7 Å². The van der Waals surface area contributed by atoms with E-state index >= 15 is 0 Å². The van der Waals surface area contributed by atoms with Gasteiger partial charge in [-0.3, -0.25) is 16.3 Å². The molecule has 5 N–H and O–H groups in total. The lowest BCUT2D eigenvalue weighted by molar-refractivity contribution is 0.551. The van der Waals surface area contributed by atoms with Gasteiger partial charge in [0.2, 0.25) is 0 Å². The van der Waals surface area contributed by atoms with Crippen molar-refractivity contribution in [3.05, 3.63) is 58.9 Å². The van der Waals surface area contributed by atoms with E-state index in [0.29, 0.717) is 5.69 Å².